The molecule has 1 aromatic heterocycles. The molecule has 66 valence electrons. The Kier molecular flexibility index (Phi) is 2.99. The molecule has 1 unspecified atom stereocenters. The molecule has 0 amide bonds. The number of aromatic nitrogens is 2. The number of carbonyl (C=O) groups is 1. The van der Waals surface area contributed by atoms with E-state index in [-0.39, 0.29) is 6.04 Å². The minimum Gasteiger partial charge on any atom is -0.383 e. The second-order valence-corrected chi connectivity index (χ2v) is 2.67. The van der Waals surface area contributed by atoms with Crippen molar-refractivity contribution in [3.8, 4) is 0 Å². The summed E-state index contributed by atoms with van der Waals surface area (Å²) < 4.78 is 6.82. The third kappa shape index (κ3) is 1.92. The zero-order chi connectivity index (χ0) is 8.97. The number of imidazole rings is 1. The standard InChI is InChI=1S/C8H12N2O2/c1-7(5-12-2)10-3-8(4-11)9-6-10/h3-4,6-7H,5H2,1-2H3. The molecule has 0 fully saturated rings. The minimum absolute atomic E-state index is 0.219. The zero-order valence-electron chi connectivity index (χ0n) is 7.23. The van der Waals surface area contributed by atoms with Crippen LogP contribution in [0.15, 0.2) is 12.5 Å². The first-order valence-corrected chi connectivity index (χ1v) is 3.75. The third-order valence-electron chi connectivity index (χ3n) is 1.66. The highest BCUT2D eigenvalue weighted by Crippen LogP contribution is 2.05. The number of hydrogen-bond donors (Lipinski definition) is 0. The summed E-state index contributed by atoms with van der Waals surface area (Å²) in [5, 5.41) is 0. The van der Waals surface area contributed by atoms with Gasteiger partial charge in [-0.25, -0.2) is 4.98 Å². The first-order chi connectivity index (χ1) is 5.77. The normalized spacial score (nSPS) is 12.8. The zero-order valence-corrected chi connectivity index (χ0v) is 7.23. The van der Waals surface area contributed by atoms with E-state index >= 15 is 0 Å². The summed E-state index contributed by atoms with van der Waals surface area (Å²) >= 11 is 0. The van der Waals surface area contributed by atoms with Crippen LogP contribution in [0.2, 0.25) is 0 Å². The van der Waals surface area contributed by atoms with Gasteiger partial charge in [-0.15, -0.1) is 0 Å². The fraction of sp³-hybridized carbons (Fsp3) is 0.500. The molecule has 12 heavy (non-hydrogen) atoms. The van der Waals surface area contributed by atoms with E-state index in [9.17, 15) is 4.79 Å². The van der Waals surface area contributed by atoms with Crippen molar-refractivity contribution in [2.75, 3.05) is 13.7 Å². The molecule has 0 N–H and O–H groups in total. The van der Waals surface area contributed by atoms with Gasteiger partial charge in [-0.1, -0.05) is 0 Å². The van der Waals surface area contributed by atoms with Crippen LogP contribution in [0.5, 0.6) is 0 Å². The van der Waals surface area contributed by atoms with Gasteiger partial charge < -0.3 is 9.30 Å². The van der Waals surface area contributed by atoms with E-state index in [1.165, 1.54) is 0 Å². The summed E-state index contributed by atoms with van der Waals surface area (Å²) in [4.78, 5) is 14.2. The van der Waals surface area contributed by atoms with Crippen molar-refractivity contribution in [2.24, 2.45) is 0 Å². The fourth-order valence-corrected chi connectivity index (χ4v) is 0.982. The molecule has 0 saturated heterocycles. The molecule has 4 nitrogen and oxygen atoms in total. The summed E-state index contributed by atoms with van der Waals surface area (Å²) in [7, 11) is 1.65. The first kappa shape index (κ1) is 8.93. The lowest BCUT2D eigenvalue weighted by molar-refractivity contribution is 0.111. The summed E-state index contributed by atoms with van der Waals surface area (Å²) in [5.41, 5.74) is 0.456. The lowest BCUT2D eigenvalue weighted by Gasteiger charge is -2.10. The number of methoxy groups -OCH3 is 1. The summed E-state index contributed by atoms with van der Waals surface area (Å²) in [6.45, 7) is 2.62. The van der Waals surface area contributed by atoms with Crippen LogP contribution in [0, 0.1) is 0 Å². The van der Waals surface area contributed by atoms with Crippen molar-refractivity contribution < 1.29 is 9.53 Å². The van der Waals surface area contributed by atoms with Crippen molar-refractivity contribution >= 4 is 6.29 Å². The molecule has 0 aromatic carbocycles. The van der Waals surface area contributed by atoms with Gasteiger partial charge in [0.25, 0.3) is 0 Å². The van der Waals surface area contributed by atoms with Gasteiger partial charge in [0.05, 0.1) is 19.0 Å². The Bertz CT molecular complexity index is 257. The van der Waals surface area contributed by atoms with Gasteiger partial charge in [-0.3, -0.25) is 4.79 Å². The van der Waals surface area contributed by atoms with Gasteiger partial charge >= 0.3 is 0 Å². The molecule has 0 aliphatic heterocycles. The Morgan fingerprint density at radius 2 is 2.58 bits per heavy atom. The van der Waals surface area contributed by atoms with Gasteiger partial charge in [0.1, 0.15) is 5.69 Å². The van der Waals surface area contributed by atoms with Crippen molar-refractivity contribution in [3.63, 3.8) is 0 Å². The highest BCUT2D eigenvalue weighted by Gasteiger charge is 2.04. The van der Waals surface area contributed by atoms with Gasteiger partial charge in [0.2, 0.25) is 0 Å². The van der Waals surface area contributed by atoms with E-state index in [2.05, 4.69) is 4.98 Å². The molecule has 1 atom stereocenters. The van der Waals surface area contributed by atoms with Crippen molar-refractivity contribution in [1.82, 2.24) is 9.55 Å². The molecule has 0 aliphatic carbocycles. The van der Waals surface area contributed by atoms with Crippen LogP contribution < -0.4 is 0 Å². The van der Waals surface area contributed by atoms with Gasteiger partial charge in [0.15, 0.2) is 6.29 Å². The van der Waals surface area contributed by atoms with Crippen molar-refractivity contribution in [3.05, 3.63) is 18.2 Å². The van der Waals surface area contributed by atoms with Crippen LogP contribution in [0.25, 0.3) is 0 Å². The SMILES string of the molecule is COCC(C)n1cnc(C=O)c1. The van der Waals surface area contributed by atoms with E-state index in [4.69, 9.17) is 4.74 Å². The molecular weight excluding hydrogens is 156 g/mol. The molecular formula is C8H12N2O2. The predicted molar refractivity (Wildman–Crippen MR) is 44.2 cm³/mol. The summed E-state index contributed by atoms with van der Waals surface area (Å²) in [6.07, 6.45) is 4.07. The molecule has 4 heteroatoms. The molecule has 1 heterocycles. The van der Waals surface area contributed by atoms with Gasteiger partial charge in [0, 0.05) is 13.3 Å². The van der Waals surface area contributed by atoms with Gasteiger partial charge in [-0.2, -0.15) is 0 Å². The number of ether oxygens (including phenoxy) is 1. The summed E-state index contributed by atoms with van der Waals surface area (Å²) in [5.74, 6) is 0. The molecule has 0 spiro atoms. The van der Waals surface area contributed by atoms with Gasteiger partial charge in [-0.05, 0) is 6.92 Å². The fourth-order valence-electron chi connectivity index (χ4n) is 0.982. The number of carbonyl (C=O) groups excluding carboxylic acids is 1. The summed E-state index contributed by atoms with van der Waals surface area (Å²) in [6, 6.07) is 0.219. The Hall–Kier alpha value is -1.16. The van der Waals surface area contributed by atoms with Crippen LogP contribution in [0.1, 0.15) is 23.5 Å². The number of rotatable bonds is 4. The topological polar surface area (TPSA) is 44.1 Å². The van der Waals surface area contributed by atoms with Crippen LogP contribution in [0.4, 0.5) is 0 Å². The number of hydrogen-bond acceptors (Lipinski definition) is 3. The van der Waals surface area contributed by atoms with Crippen LogP contribution in [-0.2, 0) is 4.74 Å². The molecule has 1 rings (SSSR count). The lowest BCUT2D eigenvalue weighted by Crippen LogP contribution is -2.08. The second kappa shape index (κ2) is 4.01. The number of nitrogens with zero attached hydrogens (tertiary/aromatic N) is 2. The van der Waals surface area contributed by atoms with Crippen molar-refractivity contribution in [2.45, 2.75) is 13.0 Å². The Balaban J connectivity index is 2.67. The predicted octanol–water partition coefficient (Wildman–Crippen LogP) is 0.903. The maximum Gasteiger partial charge on any atom is 0.169 e. The van der Waals surface area contributed by atoms with Crippen LogP contribution >= 0.6 is 0 Å². The molecule has 1 aromatic rings. The number of aldehydes is 1. The van der Waals surface area contributed by atoms with E-state index in [0.29, 0.717) is 12.3 Å². The lowest BCUT2D eigenvalue weighted by atomic mass is 10.3. The van der Waals surface area contributed by atoms with E-state index < -0.39 is 0 Å². The first-order valence-electron chi connectivity index (χ1n) is 3.75. The maximum atomic E-state index is 10.3. The molecule has 0 aliphatic rings. The van der Waals surface area contributed by atoms with E-state index in [1.54, 1.807) is 19.6 Å². The monoisotopic (exact) mass is 168 g/mol. The van der Waals surface area contributed by atoms with Crippen LogP contribution in [-0.4, -0.2) is 29.6 Å². The van der Waals surface area contributed by atoms with Crippen LogP contribution in [0.3, 0.4) is 0 Å². The third-order valence-corrected chi connectivity index (χ3v) is 1.66. The Labute approximate surface area is 71.2 Å². The average molecular weight is 168 g/mol. The molecule has 0 saturated carbocycles. The smallest absolute Gasteiger partial charge is 0.169 e. The largest absolute Gasteiger partial charge is 0.383 e. The minimum atomic E-state index is 0.219. The van der Waals surface area contributed by atoms with Crippen molar-refractivity contribution in [1.29, 1.82) is 0 Å². The quantitative estimate of drug-likeness (QED) is 0.627. The average Bonchev–Trinajstić information content (AvgIpc) is 2.52. The highest BCUT2D eigenvalue weighted by molar-refractivity contribution is 5.70. The highest BCUT2D eigenvalue weighted by atomic mass is 16.5. The van der Waals surface area contributed by atoms with E-state index in [0.717, 1.165) is 6.29 Å². The second-order valence-electron chi connectivity index (χ2n) is 2.67. The van der Waals surface area contributed by atoms with E-state index in [1.807, 2.05) is 11.5 Å². The molecule has 0 radical (unpaired) electrons. The molecule has 0 bridgehead atoms. The maximum absolute atomic E-state index is 10.3. The Morgan fingerprint density at radius 1 is 1.83 bits per heavy atom. The Morgan fingerprint density at radius 3 is 3.08 bits per heavy atom.